The minimum absolute atomic E-state index is 0.103. The number of carbonyl (C=O) groups excluding carboxylic acids is 1. The number of aryl methyl sites for hydroxylation is 1. The zero-order valence-electron chi connectivity index (χ0n) is 16.0. The Morgan fingerprint density at radius 1 is 1.14 bits per heavy atom. The van der Waals surface area contributed by atoms with Crippen molar-refractivity contribution in [3.8, 4) is 22.6 Å². The molecule has 1 N–H and O–H groups in total. The topological polar surface area (TPSA) is 69.6 Å². The second-order valence-corrected chi connectivity index (χ2v) is 6.85. The number of amides is 1. The van der Waals surface area contributed by atoms with E-state index in [1.54, 1.807) is 18.2 Å². The molecule has 144 valence electrons. The van der Waals surface area contributed by atoms with Gasteiger partial charge >= 0.3 is 0 Å². The molecule has 0 bridgehead atoms. The van der Waals surface area contributed by atoms with E-state index in [9.17, 15) is 9.59 Å². The Hall–Kier alpha value is -3.28. The second kappa shape index (κ2) is 7.38. The Balaban J connectivity index is 1.92. The van der Waals surface area contributed by atoms with Gasteiger partial charge in [0.15, 0.2) is 16.9 Å². The minimum atomic E-state index is -0.127. The monoisotopic (exact) mass is 378 g/mol. The summed E-state index contributed by atoms with van der Waals surface area (Å²) in [6.45, 7) is 2.20. The fourth-order valence-corrected chi connectivity index (χ4v) is 3.49. The molecule has 0 atom stereocenters. The maximum absolute atomic E-state index is 13.4. The van der Waals surface area contributed by atoms with Crippen LogP contribution < -0.4 is 20.2 Å². The molecule has 0 unspecified atom stereocenters. The number of aromatic nitrogens is 1. The smallest absolute Gasteiger partial charge is 0.231 e. The number of carbonyl (C=O) groups is 1. The molecular formula is C22H22N2O4. The van der Waals surface area contributed by atoms with Crippen molar-refractivity contribution < 1.29 is 14.3 Å². The van der Waals surface area contributed by atoms with E-state index in [1.807, 2.05) is 42.8 Å². The highest BCUT2D eigenvalue weighted by Crippen LogP contribution is 2.37. The number of hydrogen-bond acceptors (Lipinski definition) is 4. The van der Waals surface area contributed by atoms with Crippen LogP contribution >= 0.6 is 0 Å². The molecule has 2 aromatic carbocycles. The highest BCUT2D eigenvalue weighted by molar-refractivity contribution is 5.98. The fraction of sp³-hybridized carbons (Fsp3) is 0.273. The lowest BCUT2D eigenvalue weighted by Gasteiger charge is -2.18. The third-order valence-corrected chi connectivity index (χ3v) is 4.99. The zero-order chi connectivity index (χ0) is 19.7. The first-order valence-corrected chi connectivity index (χ1v) is 9.41. The van der Waals surface area contributed by atoms with Crippen molar-refractivity contribution in [2.24, 2.45) is 7.05 Å². The SMILES string of the molecule is CCCCC(=O)Nc1c(-c2ccc3c(c2)OCO3)c(=O)c2ccccc2n1C. The number of rotatable bonds is 5. The zero-order valence-corrected chi connectivity index (χ0v) is 16.0. The predicted molar refractivity (Wildman–Crippen MR) is 109 cm³/mol. The van der Waals surface area contributed by atoms with Gasteiger partial charge in [0, 0.05) is 18.9 Å². The minimum Gasteiger partial charge on any atom is -0.454 e. The third-order valence-electron chi connectivity index (χ3n) is 4.99. The number of ether oxygens (including phenoxy) is 2. The number of anilines is 1. The highest BCUT2D eigenvalue weighted by Gasteiger charge is 2.21. The van der Waals surface area contributed by atoms with E-state index in [0.29, 0.717) is 40.3 Å². The summed E-state index contributed by atoms with van der Waals surface area (Å²) >= 11 is 0. The molecule has 4 rings (SSSR count). The van der Waals surface area contributed by atoms with Gasteiger partial charge in [0.2, 0.25) is 12.7 Å². The van der Waals surface area contributed by atoms with E-state index in [2.05, 4.69) is 5.32 Å². The summed E-state index contributed by atoms with van der Waals surface area (Å²) < 4.78 is 12.7. The first-order valence-electron chi connectivity index (χ1n) is 9.41. The summed E-state index contributed by atoms with van der Waals surface area (Å²) in [5.41, 5.74) is 1.77. The number of pyridine rings is 1. The van der Waals surface area contributed by atoms with Gasteiger partial charge in [0.05, 0.1) is 11.1 Å². The molecule has 1 amide bonds. The second-order valence-electron chi connectivity index (χ2n) is 6.85. The standard InChI is InChI=1S/C22H22N2O4/c1-3-4-9-19(25)23-22-20(14-10-11-17-18(12-14)28-13-27-17)21(26)15-7-5-6-8-16(15)24(22)2/h5-8,10-12H,3-4,9,13H2,1-2H3,(H,23,25). The van der Waals surface area contributed by atoms with Gasteiger partial charge in [0.1, 0.15) is 5.82 Å². The van der Waals surface area contributed by atoms with Crippen molar-refractivity contribution in [3.63, 3.8) is 0 Å². The van der Waals surface area contributed by atoms with Gasteiger partial charge in [0.25, 0.3) is 0 Å². The molecule has 0 aliphatic carbocycles. The summed E-state index contributed by atoms with van der Waals surface area (Å²) in [5, 5.41) is 3.57. The van der Waals surface area contributed by atoms with Gasteiger partial charge in [-0.2, -0.15) is 0 Å². The van der Waals surface area contributed by atoms with Crippen LogP contribution in [-0.2, 0) is 11.8 Å². The van der Waals surface area contributed by atoms with Gasteiger partial charge in [-0.15, -0.1) is 0 Å². The van der Waals surface area contributed by atoms with Crippen molar-refractivity contribution in [1.82, 2.24) is 4.57 Å². The normalized spacial score (nSPS) is 12.4. The van der Waals surface area contributed by atoms with Crippen molar-refractivity contribution in [3.05, 3.63) is 52.7 Å². The largest absolute Gasteiger partial charge is 0.454 e. The molecule has 0 saturated heterocycles. The van der Waals surface area contributed by atoms with Crippen molar-refractivity contribution in [1.29, 1.82) is 0 Å². The Labute approximate surface area is 162 Å². The average Bonchev–Trinajstić information content (AvgIpc) is 3.18. The lowest BCUT2D eigenvalue weighted by Crippen LogP contribution is -2.21. The van der Waals surface area contributed by atoms with Crippen molar-refractivity contribution in [2.75, 3.05) is 12.1 Å². The summed E-state index contributed by atoms with van der Waals surface area (Å²) in [6, 6.07) is 12.8. The summed E-state index contributed by atoms with van der Waals surface area (Å²) in [4.78, 5) is 25.8. The molecule has 1 aliphatic heterocycles. The van der Waals surface area contributed by atoms with Crippen LogP contribution in [-0.4, -0.2) is 17.3 Å². The molecule has 0 spiro atoms. The van der Waals surface area contributed by atoms with E-state index < -0.39 is 0 Å². The lowest BCUT2D eigenvalue weighted by atomic mass is 10.0. The number of nitrogens with one attached hydrogen (secondary N) is 1. The Bertz CT molecular complexity index is 1120. The molecule has 0 saturated carbocycles. The molecule has 0 fully saturated rings. The lowest BCUT2D eigenvalue weighted by molar-refractivity contribution is -0.116. The van der Waals surface area contributed by atoms with Gasteiger partial charge in [-0.05, 0) is 36.2 Å². The number of fused-ring (bicyclic) bond motifs is 2. The van der Waals surface area contributed by atoms with Crippen LogP contribution in [0.3, 0.4) is 0 Å². The molecule has 3 aromatic rings. The van der Waals surface area contributed by atoms with E-state index in [4.69, 9.17) is 9.47 Å². The van der Waals surface area contributed by atoms with Gasteiger partial charge in [-0.1, -0.05) is 31.5 Å². The van der Waals surface area contributed by atoms with E-state index in [0.717, 1.165) is 18.4 Å². The average molecular weight is 378 g/mol. The van der Waals surface area contributed by atoms with Crippen molar-refractivity contribution >= 4 is 22.6 Å². The molecule has 28 heavy (non-hydrogen) atoms. The van der Waals surface area contributed by atoms with E-state index in [1.165, 1.54) is 0 Å². The number of hydrogen-bond donors (Lipinski definition) is 1. The summed E-state index contributed by atoms with van der Waals surface area (Å²) in [5.74, 6) is 1.63. The van der Waals surface area contributed by atoms with Gasteiger partial charge in [-0.25, -0.2) is 0 Å². The molecule has 6 heteroatoms. The first-order chi connectivity index (χ1) is 13.6. The summed E-state index contributed by atoms with van der Waals surface area (Å²) in [7, 11) is 1.85. The van der Waals surface area contributed by atoms with Crippen LogP contribution in [0.2, 0.25) is 0 Å². The van der Waals surface area contributed by atoms with Crippen LogP contribution in [0.15, 0.2) is 47.3 Å². The maximum atomic E-state index is 13.4. The maximum Gasteiger partial charge on any atom is 0.231 e. The first kappa shape index (κ1) is 18.1. The number of para-hydroxylation sites is 1. The molecular weight excluding hydrogens is 356 g/mol. The molecule has 1 aromatic heterocycles. The third kappa shape index (κ3) is 3.11. The van der Waals surface area contributed by atoms with Gasteiger partial charge < -0.3 is 19.4 Å². The highest BCUT2D eigenvalue weighted by atomic mass is 16.7. The van der Waals surface area contributed by atoms with Gasteiger partial charge in [-0.3, -0.25) is 9.59 Å². The molecule has 2 heterocycles. The Morgan fingerprint density at radius 2 is 1.93 bits per heavy atom. The van der Waals surface area contributed by atoms with Crippen LogP contribution in [0.1, 0.15) is 26.2 Å². The van der Waals surface area contributed by atoms with Crippen LogP contribution in [0.4, 0.5) is 5.82 Å². The molecule has 0 radical (unpaired) electrons. The quantitative estimate of drug-likeness (QED) is 0.727. The number of unbranched alkanes of at least 4 members (excludes halogenated alkanes) is 1. The van der Waals surface area contributed by atoms with Crippen LogP contribution in [0.5, 0.6) is 11.5 Å². The molecule has 6 nitrogen and oxygen atoms in total. The van der Waals surface area contributed by atoms with Crippen molar-refractivity contribution in [2.45, 2.75) is 26.2 Å². The number of benzene rings is 2. The Morgan fingerprint density at radius 3 is 2.75 bits per heavy atom. The van der Waals surface area contributed by atoms with E-state index in [-0.39, 0.29) is 18.1 Å². The predicted octanol–water partition coefficient (Wildman–Crippen LogP) is 4.06. The van der Waals surface area contributed by atoms with Crippen LogP contribution in [0, 0.1) is 0 Å². The van der Waals surface area contributed by atoms with E-state index >= 15 is 0 Å². The summed E-state index contributed by atoms with van der Waals surface area (Å²) in [6.07, 6.45) is 2.14. The fourth-order valence-electron chi connectivity index (χ4n) is 3.49. The number of nitrogens with zero attached hydrogens (tertiary/aromatic N) is 1. The molecule has 1 aliphatic rings. The Kier molecular flexibility index (Phi) is 4.77. The van der Waals surface area contributed by atoms with Crippen LogP contribution in [0.25, 0.3) is 22.0 Å².